The van der Waals surface area contributed by atoms with Gasteiger partial charge in [0, 0.05) is 30.5 Å². The molecule has 2 heterocycles. The maximum Gasteiger partial charge on any atom is 0.318 e. The number of carbonyl (C=O) groups is 2. The molecule has 0 saturated heterocycles. The molecule has 0 bridgehead atoms. The molecular formula is C20H23F2N5O2. The minimum atomic E-state index is -0.883. The Bertz CT molecular complexity index is 997. The Morgan fingerprint density at radius 1 is 1.31 bits per heavy atom. The molecule has 3 amide bonds. The van der Waals surface area contributed by atoms with E-state index in [9.17, 15) is 18.4 Å². The highest BCUT2D eigenvalue weighted by atomic mass is 19.1. The number of urea groups is 1. The molecule has 9 heteroatoms. The van der Waals surface area contributed by atoms with Gasteiger partial charge in [-0.3, -0.25) is 9.48 Å². The second-order valence-corrected chi connectivity index (χ2v) is 8.14. The van der Waals surface area contributed by atoms with Crippen LogP contribution in [0.1, 0.15) is 41.4 Å². The molecule has 0 spiro atoms. The lowest BCUT2D eigenvalue weighted by Crippen LogP contribution is -2.59. The summed E-state index contributed by atoms with van der Waals surface area (Å²) in [5.41, 5.74) is 7.26. The van der Waals surface area contributed by atoms with Crippen LogP contribution in [0.25, 0.3) is 11.3 Å². The standard InChI is InChI=1S/C20H23F2N5O2/c1-11-7-12(3-4-14(11)22)17-16(18(23)28)15-10-26(5-6-27(15)25-17)19(29)24-20(2)8-13(21)9-20/h3-4,7,13H,5-6,8-10H2,1-2H3,(H2,23,28)(H,24,29). The number of nitrogens with two attached hydrogens (primary N) is 1. The van der Waals surface area contributed by atoms with Crippen LogP contribution in [-0.2, 0) is 13.1 Å². The van der Waals surface area contributed by atoms with Crippen molar-refractivity contribution in [3.05, 3.63) is 40.8 Å². The van der Waals surface area contributed by atoms with Crippen molar-refractivity contribution in [1.29, 1.82) is 0 Å². The van der Waals surface area contributed by atoms with Crippen molar-refractivity contribution < 1.29 is 18.4 Å². The molecule has 1 aliphatic carbocycles. The van der Waals surface area contributed by atoms with E-state index in [1.54, 1.807) is 28.6 Å². The van der Waals surface area contributed by atoms with Crippen LogP contribution in [0.4, 0.5) is 13.6 Å². The minimum Gasteiger partial charge on any atom is -0.365 e. The van der Waals surface area contributed by atoms with E-state index in [-0.39, 0.29) is 24.0 Å². The number of amides is 3. The Labute approximate surface area is 166 Å². The van der Waals surface area contributed by atoms with Gasteiger partial charge in [-0.25, -0.2) is 13.6 Å². The van der Waals surface area contributed by atoms with Crippen molar-refractivity contribution in [3.63, 3.8) is 0 Å². The Kier molecular flexibility index (Phi) is 4.55. The average Bonchev–Trinajstić information content (AvgIpc) is 3.01. The quantitative estimate of drug-likeness (QED) is 0.825. The summed E-state index contributed by atoms with van der Waals surface area (Å²) >= 11 is 0. The summed E-state index contributed by atoms with van der Waals surface area (Å²) in [5, 5.41) is 7.39. The van der Waals surface area contributed by atoms with Crippen molar-refractivity contribution in [2.75, 3.05) is 6.54 Å². The number of aryl methyl sites for hydroxylation is 1. The number of primary amides is 1. The van der Waals surface area contributed by atoms with Crippen LogP contribution in [0.15, 0.2) is 18.2 Å². The zero-order valence-corrected chi connectivity index (χ0v) is 16.3. The van der Waals surface area contributed by atoms with Crippen LogP contribution in [0, 0.1) is 12.7 Å². The maximum atomic E-state index is 13.6. The first-order valence-electron chi connectivity index (χ1n) is 9.54. The number of aromatic nitrogens is 2. The van der Waals surface area contributed by atoms with Crippen molar-refractivity contribution in [1.82, 2.24) is 20.0 Å². The van der Waals surface area contributed by atoms with E-state index in [4.69, 9.17) is 5.73 Å². The van der Waals surface area contributed by atoms with Crippen LogP contribution in [0.5, 0.6) is 0 Å². The van der Waals surface area contributed by atoms with Crippen molar-refractivity contribution in [2.24, 2.45) is 5.73 Å². The molecule has 1 fully saturated rings. The molecule has 2 aromatic rings. The second-order valence-electron chi connectivity index (χ2n) is 8.14. The van der Waals surface area contributed by atoms with E-state index >= 15 is 0 Å². The molecule has 7 nitrogen and oxygen atoms in total. The van der Waals surface area contributed by atoms with Gasteiger partial charge in [0.25, 0.3) is 5.91 Å². The van der Waals surface area contributed by atoms with Crippen LogP contribution in [0.3, 0.4) is 0 Å². The lowest BCUT2D eigenvalue weighted by molar-refractivity contribution is 0.0789. The smallest absolute Gasteiger partial charge is 0.318 e. The Balaban J connectivity index is 1.62. The third-order valence-corrected chi connectivity index (χ3v) is 5.70. The van der Waals surface area contributed by atoms with Gasteiger partial charge in [-0.15, -0.1) is 0 Å². The van der Waals surface area contributed by atoms with E-state index in [1.165, 1.54) is 6.07 Å². The van der Waals surface area contributed by atoms with E-state index in [0.29, 0.717) is 48.4 Å². The summed E-state index contributed by atoms with van der Waals surface area (Å²) in [7, 11) is 0. The number of alkyl halides is 1. The van der Waals surface area contributed by atoms with Gasteiger partial charge in [-0.1, -0.05) is 0 Å². The predicted octanol–water partition coefficient (Wildman–Crippen LogP) is 2.51. The summed E-state index contributed by atoms with van der Waals surface area (Å²) in [6.07, 6.45) is -0.290. The zero-order chi connectivity index (χ0) is 20.9. The molecule has 2 aliphatic rings. The Morgan fingerprint density at radius 2 is 2.03 bits per heavy atom. The molecule has 0 radical (unpaired) electrons. The molecule has 0 atom stereocenters. The number of nitrogens with zero attached hydrogens (tertiary/aromatic N) is 3. The fourth-order valence-corrected chi connectivity index (χ4v) is 4.10. The molecule has 29 heavy (non-hydrogen) atoms. The van der Waals surface area contributed by atoms with Crippen LogP contribution < -0.4 is 11.1 Å². The van der Waals surface area contributed by atoms with Crippen molar-refractivity contribution in [3.8, 4) is 11.3 Å². The van der Waals surface area contributed by atoms with Gasteiger partial charge in [0.15, 0.2) is 0 Å². The topological polar surface area (TPSA) is 93.2 Å². The van der Waals surface area contributed by atoms with Gasteiger partial charge >= 0.3 is 6.03 Å². The lowest BCUT2D eigenvalue weighted by atomic mass is 9.77. The summed E-state index contributed by atoms with van der Waals surface area (Å²) in [6, 6.07) is 4.19. The number of benzene rings is 1. The number of carbonyl (C=O) groups excluding carboxylic acids is 2. The molecule has 3 N–H and O–H groups in total. The fourth-order valence-electron chi connectivity index (χ4n) is 4.10. The second kappa shape index (κ2) is 6.82. The molecule has 1 aromatic carbocycles. The van der Waals surface area contributed by atoms with Gasteiger partial charge in [0.05, 0.1) is 24.3 Å². The number of fused-ring (bicyclic) bond motifs is 1. The van der Waals surface area contributed by atoms with Gasteiger partial charge in [0.1, 0.15) is 17.7 Å². The molecule has 0 unspecified atom stereocenters. The van der Waals surface area contributed by atoms with Crippen molar-refractivity contribution in [2.45, 2.75) is 51.5 Å². The fraction of sp³-hybridized carbons (Fsp3) is 0.450. The van der Waals surface area contributed by atoms with E-state index in [0.717, 1.165) is 0 Å². The molecule has 4 rings (SSSR count). The van der Waals surface area contributed by atoms with Crippen LogP contribution in [-0.4, -0.2) is 44.9 Å². The number of hydrogen-bond donors (Lipinski definition) is 2. The first kappa shape index (κ1) is 19.4. The number of rotatable bonds is 3. The number of hydrogen-bond acceptors (Lipinski definition) is 3. The van der Waals surface area contributed by atoms with Crippen LogP contribution >= 0.6 is 0 Å². The van der Waals surface area contributed by atoms with Gasteiger partial charge < -0.3 is 16.0 Å². The SMILES string of the molecule is Cc1cc(-c2nn3c(c2C(N)=O)CN(C(=O)NC2(C)CC(F)C2)CC3)ccc1F. The maximum absolute atomic E-state index is 13.6. The van der Waals surface area contributed by atoms with Crippen LogP contribution in [0.2, 0.25) is 0 Å². The minimum absolute atomic E-state index is 0.159. The highest BCUT2D eigenvalue weighted by Gasteiger charge is 2.43. The first-order chi connectivity index (χ1) is 13.7. The van der Waals surface area contributed by atoms with Gasteiger partial charge in [-0.05, 0) is 37.6 Å². The molecule has 1 aliphatic heterocycles. The van der Waals surface area contributed by atoms with E-state index in [1.807, 2.05) is 6.92 Å². The largest absolute Gasteiger partial charge is 0.365 e. The average molecular weight is 403 g/mol. The summed E-state index contributed by atoms with van der Waals surface area (Å²) < 4.78 is 28.5. The summed E-state index contributed by atoms with van der Waals surface area (Å²) in [6.45, 7) is 4.40. The zero-order valence-electron chi connectivity index (χ0n) is 16.3. The third kappa shape index (κ3) is 3.45. The number of nitrogens with one attached hydrogen (secondary N) is 1. The lowest BCUT2D eigenvalue weighted by Gasteiger charge is -2.43. The monoisotopic (exact) mass is 403 g/mol. The van der Waals surface area contributed by atoms with Gasteiger partial charge in [0.2, 0.25) is 0 Å². The highest BCUT2D eigenvalue weighted by Crippen LogP contribution is 2.35. The molecule has 154 valence electrons. The first-order valence-corrected chi connectivity index (χ1v) is 9.54. The number of halogens is 2. The Morgan fingerprint density at radius 3 is 2.66 bits per heavy atom. The molecule has 1 aromatic heterocycles. The van der Waals surface area contributed by atoms with Gasteiger partial charge in [-0.2, -0.15) is 5.10 Å². The summed E-state index contributed by atoms with van der Waals surface area (Å²) in [5.74, 6) is -1.00. The Hall–Kier alpha value is -2.97. The normalized spacial score (nSPS) is 23.3. The molecular weight excluding hydrogens is 380 g/mol. The van der Waals surface area contributed by atoms with Crippen molar-refractivity contribution >= 4 is 11.9 Å². The van der Waals surface area contributed by atoms with E-state index in [2.05, 4.69) is 10.4 Å². The van der Waals surface area contributed by atoms with E-state index < -0.39 is 17.6 Å². The summed E-state index contributed by atoms with van der Waals surface area (Å²) in [4.78, 5) is 26.4. The third-order valence-electron chi connectivity index (χ3n) is 5.70. The molecule has 1 saturated carbocycles. The predicted molar refractivity (Wildman–Crippen MR) is 102 cm³/mol. The highest BCUT2D eigenvalue weighted by molar-refractivity contribution is 6.00.